The van der Waals surface area contributed by atoms with Gasteiger partial charge in [0.15, 0.2) is 17.5 Å². The number of hydrogen-bond donors (Lipinski definition) is 0. The topological polar surface area (TPSA) is 51.8 Å². The van der Waals surface area contributed by atoms with Gasteiger partial charge in [-0.2, -0.15) is 0 Å². The maximum Gasteiger partial charge on any atom is 0.164 e. The Balaban J connectivity index is 1.09. The number of rotatable bonds is 7. The Labute approximate surface area is 325 Å². The van der Waals surface area contributed by atoms with E-state index in [-0.39, 0.29) is 0 Å². The molecule has 56 heavy (non-hydrogen) atoms. The molecule has 4 nitrogen and oxygen atoms in total. The molecule has 10 aromatic rings. The fraction of sp³-hybridized carbons (Fsp3) is 0.0192. The van der Waals surface area contributed by atoms with E-state index >= 15 is 0 Å². The summed E-state index contributed by atoms with van der Waals surface area (Å²) in [6, 6.07) is 67.4. The first kappa shape index (κ1) is 33.2. The van der Waals surface area contributed by atoms with Gasteiger partial charge in [-0.1, -0.05) is 170 Å². The van der Waals surface area contributed by atoms with Crippen LogP contribution in [0.3, 0.4) is 0 Å². The third-order valence-corrected chi connectivity index (χ3v) is 10.5. The molecule has 0 radical (unpaired) electrons. The molecule has 2 aromatic heterocycles. The maximum atomic E-state index is 6.56. The van der Waals surface area contributed by atoms with Gasteiger partial charge >= 0.3 is 0 Å². The van der Waals surface area contributed by atoms with Crippen molar-refractivity contribution in [2.45, 2.75) is 6.92 Å². The summed E-state index contributed by atoms with van der Waals surface area (Å²) >= 11 is 0. The minimum atomic E-state index is 0.581. The van der Waals surface area contributed by atoms with Gasteiger partial charge in [0.05, 0.1) is 0 Å². The van der Waals surface area contributed by atoms with E-state index in [4.69, 9.17) is 19.4 Å². The molecule has 0 bridgehead atoms. The van der Waals surface area contributed by atoms with Gasteiger partial charge in [0.25, 0.3) is 0 Å². The van der Waals surface area contributed by atoms with E-state index in [0.717, 1.165) is 66.4 Å². The zero-order valence-corrected chi connectivity index (χ0v) is 30.7. The zero-order chi connectivity index (χ0) is 37.4. The van der Waals surface area contributed by atoms with Gasteiger partial charge < -0.3 is 4.42 Å². The predicted molar refractivity (Wildman–Crippen MR) is 230 cm³/mol. The van der Waals surface area contributed by atoms with Crippen LogP contribution >= 0.6 is 0 Å². The summed E-state index contributed by atoms with van der Waals surface area (Å²) in [4.78, 5) is 15.3. The lowest BCUT2D eigenvalue weighted by Crippen LogP contribution is -2.00. The lowest BCUT2D eigenvalue weighted by Gasteiger charge is -2.15. The lowest BCUT2D eigenvalue weighted by molar-refractivity contribution is 0.669. The van der Waals surface area contributed by atoms with Crippen molar-refractivity contribution in [3.8, 4) is 78.7 Å². The first-order valence-corrected chi connectivity index (χ1v) is 18.9. The molecule has 264 valence electrons. The largest absolute Gasteiger partial charge is 0.456 e. The van der Waals surface area contributed by atoms with E-state index in [1.165, 1.54) is 22.3 Å². The number of nitrogens with zero attached hydrogens (tertiary/aromatic N) is 3. The van der Waals surface area contributed by atoms with Crippen LogP contribution in [0.4, 0.5) is 0 Å². The van der Waals surface area contributed by atoms with Crippen LogP contribution in [-0.4, -0.2) is 15.0 Å². The second kappa shape index (κ2) is 14.1. The molecule has 0 atom stereocenters. The van der Waals surface area contributed by atoms with Crippen LogP contribution in [0.15, 0.2) is 199 Å². The standard InChI is InChI=1S/C52H35N3O/c1-34-14-11-12-21-42(34)44-30-28-40(32-46(44)37-17-7-3-8-18-37)51-53-50(39-19-9-4-10-20-39)54-52(55-51)41-29-31-45-48(33-41)56-47-23-13-22-43(49(45)47)38-26-24-36(25-27-38)35-15-5-2-6-16-35/h2-33H,1H3. The van der Waals surface area contributed by atoms with Crippen LogP contribution in [0.1, 0.15) is 5.56 Å². The molecule has 0 amide bonds. The van der Waals surface area contributed by atoms with Crippen LogP contribution in [0.25, 0.3) is 101 Å². The van der Waals surface area contributed by atoms with Gasteiger partial charge in [0, 0.05) is 27.5 Å². The van der Waals surface area contributed by atoms with Crippen molar-refractivity contribution in [1.29, 1.82) is 0 Å². The van der Waals surface area contributed by atoms with Gasteiger partial charge in [0.2, 0.25) is 0 Å². The first-order valence-electron chi connectivity index (χ1n) is 18.9. The molecule has 0 fully saturated rings. The summed E-state index contributed by atoms with van der Waals surface area (Å²) < 4.78 is 6.56. The normalized spacial score (nSPS) is 11.3. The second-order valence-corrected chi connectivity index (χ2v) is 14.0. The fourth-order valence-corrected chi connectivity index (χ4v) is 7.68. The number of benzene rings is 8. The van der Waals surface area contributed by atoms with Crippen LogP contribution < -0.4 is 0 Å². The van der Waals surface area contributed by atoms with Crippen LogP contribution in [0.2, 0.25) is 0 Å². The molecule has 0 N–H and O–H groups in total. The molecule has 8 aromatic carbocycles. The highest BCUT2D eigenvalue weighted by molar-refractivity contribution is 6.13. The summed E-state index contributed by atoms with van der Waals surface area (Å²) in [5.74, 6) is 1.80. The summed E-state index contributed by atoms with van der Waals surface area (Å²) in [5, 5.41) is 2.13. The third kappa shape index (κ3) is 6.13. The smallest absolute Gasteiger partial charge is 0.164 e. The number of aryl methyl sites for hydroxylation is 1. The average Bonchev–Trinajstić information content (AvgIpc) is 3.66. The van der Waals surface area contributed by atoms with Gasteiger partial charge in [-0.05, 0) is 81.3 Å². The summed E-state index contributed by atoms with van der Waals surface area (Å²) in [6.07, 6.45) is 0. The first-order chi connectivity index (χ1) is 27.7. The van der Waals surface area contributed by atoms with Gasteiger partial charge in [-0.3, -0.25) is 0 Å². The Hall–Kier alpha value is -7.43. The lowest BCUT2D eigenvalue weighted by atomic mass is 9.90. The van der Waals surface area contributed by atoms with Gasteiger partial charge in [-0.15, -0.1) is 0 Å². The van der Waals surface area contributed by atoms with E-state index in [1.807, 2.05) is 48.5 Å². The molecule has 0 aliphatic carbocycles. The number of hydrogen-bond acceptors (Lipinski definition) is 4. The molecule has 0 aliphatic heterocycles. The van der Waals surface area contributed by atoms with Crippen LogP contribution in [0.5, 0.6) is 0 Å². The van der Waals surface area contributed by atoms with Crippen molar-refractivity contribution < 1.29 is 4.42 Å². The molecule has 0 unspecified atom stereocenters. The molecule has 0 saturated carbocycles. The predicted octanol–water partition coefficient (Wildman–Crippen LogP) is 13.7. The number of fused-ring (bicyclic) bond motifs is 3. The summed E-state index contributed by atoms with van der Waals surface area (Å²) in [6.45, 7) is 2.16. The maximum absolute atomic E-state index is 6.56. The monoisotopic (exact) mass is 717 g/mol. The van der Waals surface area contributed by atoms with Crippen molar-refractivity contribution in [2.75, 3.05) is 0 Å². The Morgan fingerprint density at radius 1 is 0.321 bits per heavy atom. The highest BCUT2D eigenvalue weighted by atomic mass is 16.3. The van der Waals surface area contributed by atoms with Gasteiger partial charge in [-0.25, -0.2) is 15.0 Å². The molecule has 2 heterocycles. The molecular weight excluding hydrogens is 683 g/mol. The third-order valence-electron chi connectivity index (χ3n) is 10.5. The highest BCUT2D eigenvalue weighted by Gasteiger charge is 2.18. The highest BCUT2D eigenvalue weighted by Crippen LogP contribution is 2.40. The van der Waals surface area contributed by atoms with Gasteiger partial charge in [0.1, 0.15) is 11.2 Å². The zero-order valence-electron chi connectivity index (χ0n) is 30.7. The Morgan fingerprint density at radius 3 is 1.52 bits per heavy atom. The van der Waals surface area contributed by atoms with Crippen molar-refractivity contribution in [3.63, 3.8) is 0 Å². The summed E-state index contributed by atoms with van der Waals surface area (Å²) in [7, 11) is 0. The minimum absolute atomic E-state index is 0.581. The molecule has 0 spiro atoms. The van der Waals surface area contributed by atoms with E-state index in [1.54, 1.807) is 0 Å². The average molecular weight is 718 g/mol. The van der Waals surface area contributed by atoms with Crippen molar-refractivity contribution in [3.05, 3.63) is 200 Å². The van der Waals surface area contributed by atoms with E-state index in [0.29, 0.717) is 17.5 Å². The molecular formula is C52H35N3O. The molecule has 10 rings (SSSR count). The van der Waals surface area contributed by atoms with Crippen molar-refractivity contribution >= 4 is 21.9 Å². The number of furan rings is 1. The fourth-order valence-electron chi connectivity index (χ4n) is 7.68. The Kier molecular flexibility index (Phi) is 8.34. The van der Waals surface area contributed by atoms with Crippen LogP contribution in [0, 0.1) is 6.92 Å². The quantitative estimate of drug-likeness (QED) is 0.165. The second-order valence-electron chi connectivity index (χ2n) is 14.0. The van der Waals surface area contributed by atoms with E-state index < -0.39 is 0 Å². The summed E-state index contributed by atoms with van der Waals surface area (Å²) in [5.41, 5.74) is 14.8. The molecule has 0 aliphatic rings. The Morgan fingerprint density at radius 2 is 0.821 bits per heavy atom. The number of aromatic nitrogens is 3. The minimum Gasteiger partial charge on any atom is -0.456 e. The molecule has 4 heteroatoms. The molecule has 0 saturated heterocycles. The van der Waals surface area contributed by atoms with E-state index in [9.17, 15) is 0 Å². The van der Waals surface area contributed by atoms with Crippen molar-refractivity contribution in [1.82, 2.24) is 15.0 Å². The SMILES string of the molecule is Cc1ccccc1-c1ccc(-c2nc(-c3ccccc3)nc(-c3ccc4c(c3)oc3cccc(-c5ccc(-c6ccccc6)cc5)c34)n2)cc1-c1ccccc1. The van der Waals surface area contributed by atoms with Crippen molar-refractivity contribution in [2.24, 2.45) is 0 Å². The van der Waals surface area contributed by atoms with E-state index in [2.05, 4.69) is 153 Å². The Bertz CT molecular complexity index is 3010. The van der Waals surface area contributed by atoms with Crippen LogP contribution in [-0.2, 0) is 0 Å².